The molecule has 26 heavy (non-hydrogen) atoms. The van der Waals surface area contributed by atoms with Crippen molar-refractivity contribution < 1.29 is 23.1 Å². The molecule has 2 aromatic carbocycles. The van der Waals surface area contributed by atoms with Gasteiger partial charge in [0.1, 0.15) is 24.7 Å². The summed E-state index contributed by atoms with van der Waals surface area (Å²) in [6.07, 6.45) is 0. The molecule has 10 heteroatoms. The standard InChI is InChI=1S/C16H15Cl4O5P/c17-11-1-3-15(13(19)9-11)22-5-7-24-26(21)25-8-6-23-16-4-2-12(18)10-14(16)20/h1-4,9-10,26H,5-8H2. The van der Waals surface area contributed by atoms with Gasteiger partial charge in [-0.1, -0.05) is 46.4 Å². The number of halogens is 4. The quantitative estimate of drug-likeness (QED) is 0.313. The molecule has 2 rings (SSSR count). The van der Waals surface area contributed by atoms with Gasteiger partial charge in [0.25, 0.3) is 0 Å². The molecule has 0 spiro atoms. The van der Waals surface area contributed by atoms with Crippen molar-refractivity contribution in [2.75, 3.05) is 26.4 Å². The Morgan fingerprint density at radius 3 is 1.50 bits per heavy atom. The summed E-state index contributed by atoms with van der Waals surface area (Å²) < 4.78 is 32.5. The molecule has 0 N–H and O–H groups in total. The van der Waals surface area contributed by atoms with Crippen molar-refractivity contribution >= 4 is 54.7 Å². The Balaban J connectivity index is 1.59. The maximum Gasteiger partial charge on any atom is 0.319 e. The third-order valence-electron chi connectivity index (χ3n) is 2.91. The van der Waals surface area contributed by atoms with Crippen molar-refractivity contribution in [2.24, 2.45) is 0 Å². The van der Waals surface area contributed by atoms with Gasteiger partial charge in [-0.15, -0.1) is 0 Å². The van der Waals surface area contributed by atoms with E-state index in [0.717, 1.165) is 0 Å². The molecule has 0 unspecified atom stereocenters. The van der Waals surface area contributed by atoms with Crippen LogP contribution in [0, 0.1) is 0 Å². The summed E-state index contributed by atoms with van der Waals surface area (Å²) in [6, 6.07) is 9.73. The zero-order valence-corrected chi connectivity index (χ0v) is 17.4. The third-order valence-corrected chi connectivity index (χ3v) is 4.85. The Morgan fingerprint density at radius 2 is 1.12 bits per heavy atom. The predicted molar refractivity (Wildman–Crippen MR) is 105 cm³/mol. The topological polar surface area (TPSA) is 54.0 Å². The van der Waals surface area contributed by atoms with E-state index in [1.165, 1.54) is 0 Å². The Hall–Kier alpha value is -0.650. The van der Waals surface area contributed by atoms with Crippen LogP contribution in [-0.4, -0.2) is 26.4 Å². The van der Waals surface area contributed by atoms with Gasteiger partial charge in [0.05, 0.1) is 23.3 Å². The molecular formula is C16H15Cl4O5P. The molecule has 2 aromatic rings. The van der Waals surface area contributed by atoms with Gasteiger partial charge in [-0.25, -0.2) is 0 Å². The molecule has 0 fully saturated rings. The largest absolute Gasteiger partial charge is 0.490 e. The Labute approximate surface area is 171 Å². The highest BCUT2D eigenvalue weighted by atomic mass is 35.5. The van der Waals surface area contributed by atoms with E-state index in [1.54, 1.807) is 36.4 Å². The first kappa shape index (κ1) is 21.6. The first-order valence-corrected chi connectivity index (χ1v) is 10.1. The van der Waals surface area contributed by atoms with E-state index >= 15 is 0 Å². The van der Waals surface area contributed by atoms with Crippen molar-refractivity contribution in [1.29, 1.82) is 0 Å². The average Bonchev–Trinajstić information content (AvgIpc) is 2.58. The van der Waals surface area contributed by atoms with E-state index in [-0.39, 0.29) is 26.4 Å². The lowest BCUT2D eigenvalue weighted by Crippen LogP contribution is -2.06. The number of benzene rings is 2. The Kier molecular flexibility index (Phi) is 9.37. The molecular weight excluding hydrogens is 445 g/mol. The van der Waals surface area contributed by atoms with Crippen molar-refractivity contribution in [2.45, 2.75) is 0 Å². The number of ether oxygens (including phenoxy) is 2. The second-order valence-corrected chi connectivity index (χ2v) is 7.56. The fourth-order valence-electron chi connectivity index (χ4n) is 1.78. The molecule has 0 atom stereocenters. The van der Waals surface area contributed by atoms with Gasteiger partial charge in [0, 0.05) is 10.0 Å². The lowest BCUT2D eigenvalue weighted by Gasteiger charge is -2.10. The van der Waals surface area contributed by atoms with E-state index in [0.29, 0.717) is 31.6 Å². The molecule has 0 aromatic heterocycles. The molecule has 0 bridgehead atoms. The smallest absolute Gasteiger partial charge is 0.319 e. The van der Waals surface area contributed by atoms with Gasteiger partial charge < -0.3 is 18.5 Å². The summed E-state index contributed by atoms with van der Waals surface area (Å²) in [4.78, 5) is 0. The average molecular weight is 460 g/mol. The Morgan fingerprint density at radius 1 is 0.692 bits per heavy atom. The normalized spacial score (nSPS) is 11.0. The second kappa shape index (κ2) is 11.3. The van der Waals surface area contributed by atoms with E-state index in [9.17, 15) is 4.57 Å². The highest BCUT2D eigenvalue weighted by Crippen LogP contribution is 2.29. The summed E-state index contributed by atoms with van der Waals surface area (Å²) in [5.74, 6) is 0.932. The van der Waals surface area contributed by atoms with Crippen molar-refractivity contribution in [3.8, 4) is 11.5 Å². The molecule has 0 saturated heterocycles. The van der Waals surface area contributed by atoms with Crippen LogP contribution in [0.5, 0.6) is 11.5 Å². The first-order valence-electron chi connectivity index (χ1n) is 7.41. The van der Waals surface area contributed by atoms with Crippen LogP contribution in [0.25, 0.3) is 0 Å². The lowest BCUT2D eigenvalue weighted by atomic mass is 10.3. The third kappa shape index (κ3) is 7.53. The van der Waals surface area contributed by atoms with E-state index in [1.807, 2.05) is 0 Å². The van der Waals surface area contributed by atoms with Gasteiger partial charge >= 0.3 is 8.25 Å². The Bertz CT molecular complexity index is 698. The second-order valence-electron chi connectivity index (χ2n) is 4.79. The summed E-state index contributed by atoms with van der Waals surface area (Å²) >= 11 is 23.5. The van der Waals surface area contributed by atoms with Crippen molar-refractivity contribution in [3.05, 3.63) is 56.5 Å². The maximum atomic E-state index is 11.6. The minimum Gasteiger partial charge on any atom is -0.490 e. The van der Waals surface area contributed by atoms with Crippen LogP contribution in [0.15, 0.2) is 36.4 Å². The number of rotatable bonds is 10. The van der Waals surface area contributed by atoms with E-state index in [2.05, 4.69) is 0 Å². The van der Waals surface area contributed by atoms with Gasteiger partial charge in [-0.3, -0.25) is 4.57 Å². The van der Waals surface area contributed by atoms with Crippen LogP contribution >= 0.6 is 54.7 Å². The minimum atomic E-state index is -2.65. The van der Waals surface area contributed by atoms with Crippen LogP contribution in [0.1, 0.15) is 0 Å². The molecule has 0 aliphatic heterocycles. The van der Waals surface area contributed by atoms with Gasteiger partial charge in [0.15, 0.2) is 0 Å². The van der Waals surface area contributed by atoms with Crippen LogP contribution in [0.3, 0.4) is 0 Å². The summed E-state index contributed by atoms with van der Waals surface area (Å²) in [5.41, 5.74) is 0. The van der Waals surface area contributed by atoms with Gasteiger partial charge in [-0.2, -0.15) is 0 Å². The SMILES string of the molecule is O=[PH](OCCOc1ccc(Cl)cc1Cl)OCCOc1ccc(Cl)cc1Cl. The molecule has 5 nitrogen and oxygen atoms in total. The maximum absolute atomic E-state index is 11.6. The molecule has 142 valence electrons. The molecule has 0 heterocycles. The van der Waals surface area contributed by atoms with Crippen LogP contribution in [-0.2, 0) is 13.6 Å². The summed E-state index contributed by atoms with van der Waals surface area (Å²) in [7, 11) is -2.65. The predicted octanol–water partition coefficient (Wildman–Crippen LogP) is 6.18. The zero-order valence-electron chi connectivity index (χ0n) is 13.3. The summed E-state index contributed by atoms with van der Waals surface area (Å²) in [5, 5.41) is 1.80. The molecule has 0 aliphatic rings. The fraction of sp³-hybridized carbons (Fsp3) is 0.250. The molecule has 0 radical (unpaired) electrons. The first-order chi connectivity index (χ1) is 12.5. The number of hydrogen-bond donors (Lipinski definition) is 0. The fourth-order valence-corrected chi connectivity index (χ4v) is 3.29. The highest BCUT2D eigenvalue weighted by molar-refractivity contribution is 7.33. The lowest BCUT2D eigenvalue weighted by molar-refractivity contribution is 0.165. The van der Waals surface area contributed by atoms with E-state index in [4.69, 9.17) is 64.9 Å². The molecule has 0 aliphatic carbocycles. The number of hydrogen-bond acceptors (Lipinski definition) is 5. The highest BCUT2D eigenvalue weighted by Gasteiger charge is 2.05. The van der Waals surface area contributed by atoms with Crippen LogP contribution in [0.2, 0.25) is 20.1 Å². The molecule has 0 saturated carbocycles. The van der Waals surface area contributed by atoms with Crippen molar-refractivity contribution in [3.63, 3.8) is 0 Å². The van der Waals surface area contributed by atoms with E-state index < -0.39 is 8.25 Å². The van der Waals surface area contributed by atoms with Crippen molar-refractivity contribution in [1.82, 2.24) is 0 Å². The summed E-state index contributed by atoms with van der Waals surface area (Å²) in [6.45, 7) is 0.497. The zero-order chi connectivity index (χ0) is 18.9. The minimum absolute atomic E-state index is 0.0839. The van der Waals surface area contributed by atoms with Crippen LogP contribution in [0.4, 0.5) is 0 Å². The van der Waals surface area contributed by atoms with Gasteiger partial charge in [0.2, 0.25) is 0 Å². The van der Waals surface area contributed by atoms with Gasteiger partial charge in [-0.05, 0) is 36.4 Å². The monoisotopic (exact) mass is 458 g/mol. The molecule has 0 amide bonds. The van der Waals surface area contributed by atoms with Crippen LogP contribution < -0.4 is 9.47 Å².